The summed E-state index contributed by atoms with van der Waals surface area (Å²) in [6, 6.07) is 1.85. The molecule has 1 saturated heterocycles. The number of nitrogens with zero attached hydrogens (tertiary/aromatic N) is 7. The van der Waals surface area contributed by atoms with Crippen LogP contribution in [0.4, 0.5) is 10.2 Å². The molecule has 2 fully saturated rings. The van der Waals surface area contributed by atoms with Gasteiger partial charge in [0.25, 0.3) is 0 Å². The molecule has 11 heteroatoms. The maximum absolute atomic E-state index is 15.2. The standard InChI is InChI=1S/C24H20ClFN8O/c1-2-18(35)32-8-7-15(10-32)34-24-19(23(27)28-11-29-24)16(31-34)6-3-13-9-17-22(21(26)20(13)25)33(12-30-17)14-4-5-14/h2,9,11-12,14-15H,1,4-5,7-8,10H2,(H2,27,28,29)/t15-/m0/s1. The number of rotatable bonds is 3. The van der Waals surface area contributed by atoms with Gasteiger partial charge in [0.15, 0.2) is 11.5 Å². The molecule has 3 aromatic heterocycles. The summed E-state index contributed by atoms with van der Waals surface area (Å²) in [4.78, 5) is 26.5. The number of halogens is 2. The van der Waals surface area contributed by atoms with Gasteiger partial charge in [-0.1, -0.05) is 24.1 Å². The third kappa shape index (κ3) is 3.51. The van der Waals surface area contributed by atoms with Crippen molar-refractivity contribution in [2.45, 2.75) is 31.3 Å². The molecule has 1 aliphatic carbocycles. The van der Waals surface area contributed by atoms with Gasteiger partial charge in [0, 0.05) is 24.7 Å². The van der Waals surface area contributed by atoms with Crippen molar-refractivity contribution in [1.29, 1.82) is 0 Å². The zero-order valence-electron chi connectivity index (χ0n) is 18.6. The Kier molecular flexibility index (Phi) is 4.96. The largest absolute Gasteiger partial charge is 0.383 e. The van der Waals surface area contributed by atoms with E-state index < -0.39 is 5.82 Å². The Labute approximate surface area is 204 Å². The van der Waals surface area contributed by atoms with Gasteiger partial charge in [0.2, 0.25) is 5.91 Å². The summed E-state index contributed by atoms with van der Waals surface area (Å²) in [5, 5.41) is 5.10. The molecule has 4 aromatic rings. The maximum atomic E-state index is 15.2. The van der Waals surface area contributed by atoms with E-state index >= 15 is 4.39 Å². The number of anilines is 1. The molecular formula is C24H20ClFN8O. The fraction of sp³-hybridized carbons (Fsp3) is 0.292. The Morgan fingerprint density at radius 1 is 1.23 bits per heavy atom. The zero-order valence-corrected chi connectivity index (χ0v) is 19.3. The Bertz CT molecular complexity index is 1590. The van der Waals surface area contributed by atoms with Crippen LogP contribution in [0.5, 0.6) is 0 Å². The molecule has 2 aliphatic rings. The smallest absolute Gasteiger partial charge is 0.246 e. The maximum Gasteiger partial charge on any atom is 0.246 e. The number of hydrogen-bond acceptors (Lipinski definition) is 6. The van der Waals surface area contributed by atoms with Gasteiger partial charge in [-0.15, -0.1) is 0 Å². The van der Waals surface area contributed by atoms with Crippen LogP contribution < -0.4 is 5.73 Å². The number of imidazole rings is 1. The van der Waals surface area contributed by atoms with E-state index in [9.17, 15) is 4.79 Å². The number of carbonyl (C=O) groups excluding carboxylic acids is 1. The van der Waals surface area contributed by atoms with Crippen molar-refractivity contribution < 1.29 is 9.18 Å². The van der Waals surface area contributed by atoms with Gasteiger partial charge in [-0.3, -0.25) is 4.79 Å². The van der Waals surface area contributed by atoms with Crippen LogP contribution in [0, 0.1) is 17.7 Å². The number of aromatic nitrogens is 6. The third-order valence-corrected chi connectivity index (χ3v) is 6.88. The summed E-state index contributed by atoms with van der Waals surface area (Å²) in [5.41, 5.74) is 8.23. The first-order valence-electron chi connectivity index (χ1n) is 11.2. The fourth-order valence-corrected chi connectivity index (χ4v) is 4.78. The molecule has 0 radical (unpaired) electrons. The lowest BCUT2D eigenvalue weighted by Gasteiger charge is -2.14. The molecule has 1 saturated carbocycles. The lowest BCUT2D eigenvalue weighted by Crippen LogP contribution is -2.27. The molecule has 1 amide bonds. The van der Waals surface area contributed by atoms with E-state index in [-0.39, 0.29) is 28.8 Å². The molecule has 0 bridgehead atoms. The predicted molar refractivity (Wildman–Crippen MR) is 129 cm³/mol. The van der Waals surface area contributed by atoms with Crippen LogP contribution in [0.15, 0.2) is 31.4 Å². The lowest BCUT2D eigenvalue weighted by molar-refractivity contribution is -0.125. The van der Waals surface area contributed by atoms with Gasteiger partial charge in [-0.2, -0.15) is 5.10 Å². The Balaban J connectivity index is 1.42. The topological polar surface area (TPSA) is 108 Å². The summed E-state index contributed by atoms with van der Waals surface area (Å²) in [5.74, 6) is 5.50. The van der Waals surface area contributed by atoms with Crippen LogP contribution in [-0.2, 0) is 4.79 Å². The van der Waals surface area contributed by atoms with Gasteiger partial charge >= 0.3 is 0 Å². The van der Waals surface area contributed by atoms with Crippen molar-refractivity contribution >= 4 is 45.4 Å². The number of fused-ring (bicyclic) bond motifs is 2. The third-order valence-electron chi connectivity index (χ3n) is 6.51. The van der Waals surface area contributed by atoms with Crippen molar-refractivity contribution in [2.75, 3.05) is 18.8 Å². The van der Waals surface area contributed by atoms with E-state index in [2.05, 4.69) is 38.5 Å². The van der Waals surface area contributed by atoms with Crippen molar-refractivity contribution in [3.05, 3.63) is 53.5 Å². The highest BCUT2D eigenvalue weighted by Gasteiger charge is 2.30. The quantitative estimate of drug-likeness (QED) is 0.349. The van der Waals surface area contributed by atoms with Crippen molar-refractivity contribution in [1.82, 2.24) is 34.2 Å². The predicted octanol–water partition coefficient (Wildman–Crippen LogP) is 3.24. The number of benzene rings is 1. The van der Waals surface area contributed by atoms with E-state index in [1.165, 1.54) is 12.4 Å². The van der Waals surface area contributed by atoms with Crippen molar-refractivity contribution in [3.8, 4) is 11.8 Å². The summed E-state index contributed by atoms with van der Waals surface area (Å²) in [6.07, 6.45) is 7.02. The van der Waals surface area contributed by atoms with E-state index in [1.54, 1.807) is 22.0 Å². The molecule has 1 atom stereocenters. The highest BCUT2D eigenvalue weighted by atomic mass is 35.5. The molecule has 9 nitrogen and oxygen atoms in total. The lowest BCUT2D eigenvalue weighted by atomic mass is 10.1. The minimum Gasteiger partial charge on any atom is -0.383 e. The van der Waals surface area contributed by atoms with E-state index in [1.807, 2.05) is 4.57 Å². The first kappa shape index (κ1) is 21.6. The van der Waals surface area contributed by atoms with Crippen LogP contribution in [0.25, 0.3) is 22.1 Å². The van der Waals surface area contributed by atoms with Crippen molar-refractivity contribution in [3.63, 3.8) is 0 Å². The molecule has 1 aromatic carbocycles. The van der Waals surface area contributed by atoms with Crippen LogP contribution >= 0.6 is 11.6 Å². The average molecular weight is 491 g/mol. The second-order valence-electron chi connectivity index (χ2n) is 8.73. The first-order valence-corrected chi connectivity index (χ1v) is 11.6. The summed E-state index contributed by atoms with van der Waals surface area (Å²) in [6.45, 7) is 4.61. The van der Waals surface area contributed by atoms with Gasteiger partial charge in [0.05, 0.1) is 28.3 Å². The minimum atomic E-state index is -0.533. The Morgan fingerprint density at radius 3 is 2.83 bits per heavy atom. The van der Waals surface area contributed by atoms with Crippen LogP contribution in [0.3, 0.4) is 0 Å². The molecule has 0 spiro atoms. The zero-order chi connectivity index (χ0) is 24.3. The van der Waals surface area contributed by atoms with Gasteiger partial charge < -0.3 is 15.2 Å². The molecule has 35 heavy (non-hydrogen) atoms. The first-order chi connectivity index (χ1) is 17.0. The van der Waals surface area contributed by atoms with E-state index in [0.717, 1.165) is 12.8 Å². The molecule has 2 N–H and O–H groups in total. The number of amides is 1. The fourth-order valence-electron chi connectivity index (χ4n) is 4.58. The molecular weight excluding hydrogens is 471 g/mol. The molecule has 176 valence electrons. The number of likely N-dealkylation sites (tertiary alicyclic amines) is 1. The minimum absolute atomic E-state index is 0.0604. The average Bonchev–Trinajstić information content (AvgIpc) is 3.27. The Morgan fingerprint density at radius 2 is 2.06 bits per heavy atom. The summed E-state index contributed by atoms with van der Waals surface area (Å²) in [7, 11) is 0. The highest BCUT2D eigenvalue weighted by molar-refractivity contribution is 6.32. The second kappa shape index (κ2) is 8.06. The Hall–Kier alpha value is -3.97. The monoisotopic (exact) mass is 490 g/mol. The van der Waals surface area contributed by atoms with Gasteiger partial charge in [-0.25, -0.2) is 24.0 Å². The summed E-state index contributed by atoms with van der Waals surface area (Å²) >= 11 is 6.37. The van der Waals surface area contributed by atoms with Crippen LogP contribution in [0.2, 0.25) is 5.02 Å². The SMILES string of the molecule is C=CC(=O)N1CC[C@H](n2nc(C#Cc3cc4ncn(C5CC5)c4c(F)c3Cl)c3c(N)ncnc32)C1. The van der Waals surface area contributed by atoms with Crippen LogP contribution in [-0.4, -0.2) is 53.2 Å². The highest BCUT2D eigenvalue weighted by Crippen LogP contribution is 2.39. The van der Waals surface area contributed by atoms with E-state index in [0.29, 0.717) is 52.8 Å². The molecule has 6 rings (SSSR count). The number of carbonyl (C=O) groups is 1. The number of hydrogen-bond donors (Lipinski definition) is 1. The second-order valence-corrected chi connectivity index (χ2v) is 9.11. The van der Waals surface area contributed by atoms with Gasteiger partial charge in [0.1, 0.15) is 23.4 Å². The van der Waals surface area contributed by atoms with Crippen molar-refractivity contribution in [2.24, 2.45) is 0 Å². The number of nitrogens with two attached hydrogens (primary N) is 1. The van der Waals surface area contributed by atoms with E-state index in [4.69, 9.17) is 17.3 Å². The summed E-state index contributed by atoms with van der Waals surface area (Å²) < 4.78 is 18.7. The normalized spacial score (nSPS) is 17.7. The molecule has 0 unspecified atom stereocenters. The molecule has 4 heterocycles. The van der Waals surface area contributed by atoms with Crippen LogP contribution in [0.1, 0.15) is 42.6 Å². The molecule has 1 aliphatic heterocycles. The van der Waals surface area contributed by atoms with Gasteiger partial charge in [-0.05, 0) is 37.3 Å². The number of nitrogen functional groups attached to an aromatic ring is 1.